The number of aliphatic hydroxyl groups excluding tert-OH is 1. The molecule has 9 nitrogen and oxygen atoms in total. The number of β-amino-alcohol motifs (C(OH)–C–C–N with tert-alkyl or cyclic N) is 1. The highest BCUT2D eigenvalue weighted by molar-refractivity contribution is 5.79. The van der Waals surface area contributed by atoms with Gasteiger partial charge in [-0.2, -0.15) is 4.98 Å². The van der Waals surface area contributed by atoms with Crippen molar-refractivity contribution in [2.24, 2.45) is 0 Å². The van der Waals surface area contributed by atoms with E-state index in [1.54, 1.807) is 25.6 Å². The van der Waals surface area contributed by atoms with Gasteiger partial charge in [-0.3, -0.25) is 0 Å². The molecule has 9 heteroatoms. The van der Waals surface area contributed by atoms with Gasteiger partial charge < -0.3 is 24.6 Å². The zero-order chi connectivity index (χ0) is 20.5. The number of pyridine rings is 1. The molecule has 3 aromatic rings. The summed E-state index contributed by atoms with van der Waals surface area (Å²) in [6.45, 7) is 7.46. The van der Waals surface area contributed by atoms with E-state index in [1.165, 1.54) is 0 Å². The molecule has 0 radical (unpaired) electrons. The minimum atomic E-state index is -0.558. The summed E-state index contributed by atoms with van der Waals surface area (Å²) < 4.78 is 7.50. The smallest absolute Gasteiger partial charge is 0.227 e. The third-order valence-electron chi connectivity index (χ3n) is 5.27. The van der Waals surface area contributed by atoms with Gasteiger partial charge in [-0.25, -0.2) is 15.0 Å². The average Bonchev–Trinajstić information content (AvgIpc) is 3.03. The topological polar surface area (TPSA) is 101 Å². The minimum absolute atomic E-state index is 0.141. The number of hydrogen-bond acceptors (Lipinski definition) is 8. The maximum Gasteiger partial charge on any atom is 0.227 e. The molecule has 1 fully saturated rings. The maximum atomic E-state index is 10.2. The van der Waals surface area contributed by atoms with Crippen molar-refractivity contribution < 1.29 is 9.84 Å². The number of aliphatic hydroxyl groups is 1. The predicted octanol–water partition coefficient (Wildman–Crippen LogP) is 2.44. The monoisotopic (exact) mass is 397 g/mol. The molecule has 1 aliphatic rings. The van der Waals surface area contributed by atoms with E-state index >= 15 is 0 Å². The van der Waals surface area contributed by atoms with Crippen LogP contribution in [0.15, 0.2) is 24.5 Å². The van der Waals surface area contributed by atoms with Gasteiger partial charge in [0.1, 0.15) is 23.0 Å². The lowest BCUT2D eigenvalue weighted by molar-refractivity contribution is -0.0219. The van der Waals surface area contributed by atoms with Crippen molar-refractivity contribution in [3.05, 3.63) is 30.4 Å². The Balaban J connectivity index is 1.56. The number of rotatable bonds is 5. The van der Waals surface area contributed by atoms with Crippen LogP contribution in [-0.2, 0) is 4.74 Å². The molecule has 154 valence electrons. The normalized spacial score (nSPS) is 19.9. The Labute approximate surface area is 169 Å². The van der Waals surface area contributed by atoms with Crippen LogP contribution in [-0.4, -0.2) is 62.0 Å². The highest BCUT2D eigenvalue weighted by Crippen LogP contribution is 2.24. The number of piperidine rings is 1. The lowest BCUT2D eigenvalue weighted by Gasteiger charge is -2.35. The third kappa shape index (κ3) is 3.88. The van der Waals surface area contributed by atoms with Gasteiger partial charge in [0.2, 0.25) is 5.95 Å². The van der Waals surface area contributed by atoms with Crippen molar-refractivity contribution in [3.63, 3.8) is 0 Å². The molecule has 2 atom stereocenters. The number of aromatic nitrogens is 5. The van der Waals surface area contributed by atoms with Gasteiger partial charge in [0.05, 0.1) is 23.9 Å². The Morgan fingerprint density at radius 2 is 2.07 bits per heavy atom. The summed E-state index contributed by atoms with van der Waals surface area (Å²) >= 11 is 0. The van der Waals surface area contributed by atoms with Crippen LogP contribution in [0.2, 0.25) is 0 Å². The number of imidazole rings is 1. The van der Waals surface area contributed by atoms with E-state index in [0.717, 1.165) is 29.8 Å². The molecule has 29 heavy (non-hydrogen) atoms. The van der Waals surface area contributed by atoms with Gasteiger partial charge in [0, 0.05) is 38.5 Å². The SMILES string of the molecule is CO[C@@H]1CCN(c2nccc(Nc3cc4c(cn3)nc(C)n4C(C)C)n2)C[C@H]1O. The number of hydrogen-bond donors (Lipinski definition) is 2. The minimum Gasteiger partial charge on any atom is -0.389 e. The molecule has 0 unspecified atom stereocenters. The molecule has 0 aliphatic carbocycles. The van der Waals surface area contributed by atoms with Crippen molar-refractivity contribution >= 4 is 28.6 Å². The molecule has 0 saturated carbocycles. The van der Waals surface area contributed by atoms with Crippen molar-refractivity contribution in [2.45, 2.75) is 45.4 Å². The second kappa shape index (κ2) is 7.92. The van der Waals surface area contributed by atoms with E-state index in [4.69, 9.17) is 4.74 Å². The van der Waals surface area contributed by atoms with Crippen LogP contribution >= 0.6 is 0 Å². The van der Waals surface area contributed by atoms with Gasteiger partial charge in [-0.1, -0.05) is 0 Å². The van der Waals surface area contributed by atoms with E-state index in [2.05, 4.69) is 43.7 Å². The summed E-state index contributed by atoms with van der Waals surface area (Å²) in [6, 6.07) is 4.10. The molecule has 0 aromatic carbocycles. The Bertz CT molecular complexity index is 1000. The van der Waals surface area contributed by atoms with Crippen molar-refractivity contribution in [1.29, 1.82) is 0 Å². The largest absolute Gasteiger partial charge is 0.389 e. The summed E-state index contributed by atoms with van der Waals surface area (Å²) in [6.07, 6.45) is 3.52. The third-order valence-corrected chi connectivity index (χ3v) is 5.27. The summed E-state index contributed by atoms with van der Waals surface area (Å²) in [5.74, 6) is 2.89. The Kier molecular flexibility index (Phi) is 5.33. The van der Waals surface area contributed by atoms with Crippen molar-refractivity contribution in [1.82, 2.24) is 24.5 Å². The molecule has 0 spiro atoms. The van der Waals surface area contributed by atoms with Crippen molar-refractivity contribution in [2.75, 3.05) is 30.4 Å². The van der Waals surface area contributed by atoms with E-state index < -0.39 is 6.10 Å². The quantitative estimate of drug-likeness (QED) is 0.677. The van der Waals surface area contributed by atoms with E-state index in [1.807, 2.05) is 17.9 Å². The first-order chi connectivity index (χ1) is 14.0. The zero-order valence-electron chi connectivity index (χ0n) is 17.2. The summed E-state index contributed by atoms with van der Waals surface area (Å²) in [5, 5.41) is 13.5. The standard InChI is InChI=1S/C20H27N7O2/c1-12(2)27-13(3)23-14-10-22-19(9-15(14)27)24-18-5-7-21-20(25-18)26-8-6-17(29-4)16(28)11-26/h5,7,9-10,12,16-17,28H,6,8,11H2,1-4H3,(H,21,22,24,25)/t16-,17-/m1/s1. The number of nitrogens with one attached hydrogen (secondary N) is 1. The summed E-state index contributed by atoms with van der Waals surface area (Å²) in [7, 11) is 1.63. The van der Waals surface area contributed by atoms with Gasteiger partial charge in [-0.05, 0) is 33.3 Å². The maximum absolute atomic E-state index is 10.2. The Morgan fingerprint density at radius 3 is 2.79 bits per heavy atom. The van der Waals surface area contributed by atoms with Crippen LogP contribution in [0.4, 0.5) is 17.6 Å². The number of fused-ring (bicyclic) bond motifs is 1. The number of anilines is 3. The van der Waals surface area contributed by atoms with Gasteiger partial charge >= 0.3 is 0 Å². The predicted molar refractivity (Wildman–Crippen MR) is 112 cm³/mol. The van der Waals surface area contributed by atoms with E-state index in [-0.39, 0.29) is 6.10 Å². The first-order valence-corrected chi connectivity index (χ1v) is 9.86. The first-order valence-electron chi connectivity index (χ1n) is 9.86. The summed E-state index contributed by atoms with van der Waals surface area (Å²) in [4.78, 5) is 20.0. The van der Waals surface area contributed by atoms with Crippen LogP contribution in [0.3, 0.4) is 0 Å². The Morgan fingerprint density at radius 1 is 1.24 bits per heavy atom. The molecular weight excluding hydrogens is 370 g/mol. The van der Waals surface area contributed by atoms with Crippen molar-refractivity contribution in [3.8, 4) is 0 Å². The van der Waals surface area contributed by atoms with Crippen LogP contribution in [0.1, 0.15) is 32.1 Å². The second-order valence-corrected chi connectivity index (χ2v) is 7.62. The lowest BCUT2D eigenvalue weighted by Crippen LogP contribution is -2.48. The molecule has 4 rings (SSSR count). The van der Waals surface area contributed by atoms with Gasteiger partial charge in [0.25, 0.3) is 0 Å². The number of ether oxygens (including phenoxy) is 1. The fraction of sp³-hybridized carbons (Fsp3) is 0.500. The molecule has 2 N–H and O–H groups in total. The molecule has 1 aliphatic heterocycles. The molecule has 4 heterocycles. The number of methoxy groups -OCH3 is 1. The van der Waals surface area contributed by atoms with Gasteiger partial charge in [0.15, 0.2) is 0 Å². The average molecular weight is 397 g/mol. The highest BCUT2D eigenvalue weighted by atomic mass is 16.5. The fourth-order valence-electron chi connectivity index (χ4n) is 3.91. The van der Waals surface area contributed by atoms with E-state index in [0.29, 0.717) is 30.2 Å². The van der Waals surface area contributed by atoms with Gasteiger partial charge in [-0.15, -0.1) is 0 Å². The number of aryl methyl sites for hydroxylation is 1. The van der Waals surface area contributed by atoms with Crippen LogP contribution in [0, 0.1) is 6.92 Å². The first kappa shape index (κ1) is 19.5. The van der Waals surface area contributed by atoms with E-state index in [9.17, 15) is 5.11 Å². The second-order valence-electron chi connectivity index (χ2n) is 7.62. The zero-order valence-corrected chi connectivity index (χ0v) is 17.2. The van der Waals surface area contributed by atoms with Crippen LogP contribution < -0.4 is 10.2 Å². The number of nitrogens with zero attached hydrogens (tertiary/aromatic N) is 6. The fourth-order valence-corrected chi connectivity index (χ4v) is 3.91. The molecule has 3 aromatic heterocycles. The lowest BCUT2D eigenvalue weighted by atomic mass is 10.1. The Hall–Kier alpha value is -2.78. The highest BCUT2D eigenvalue weighted by Gasteiger charge is 2.28. The van der Waals surface area contributed by atoms with Crippen LogP contribution in [0.25, 0.3) is 11.0 Å². The molecule has 1 saturated heterocycles. The molecule has 0 bridgehead atoms. The van der Waals surface area contributed by atoms with Crippen LogP contribution in [0.5, 0.6) is 0 Å². The molecule has 0 amide bonds. The molecular formula is C20H27N7O2. The summed E-state index contributed by atoms with van der Waals surface area (Å²) in [5.41, 5.74) is 1.91.